The van der Waals surface area contributed by atoms with Crippen molar-refractivity contribution in [2.75, 3.05) is 0 Å². The van der Waals surface area contributed by atoms with Gasteiger partial charge in [0.2, 0.25) is 0 Å². The van der Waals surface area contributed by atoms with E-state index in [1.54, 1.807) is 0 Å². The van der Waals surface area contributed by atoms with E-state index in [1.165, 1.54) is 16.7 Å². The van der Waals surface area contributed by atoms with Crippen LogP contribution in [0.4, 0.5) is 0 Å². The van der Waals surface area contributed by atoms with Gasteiger partial charge < -0.3 is 9.67 Å². The number of benzene rings is 1. The summed E-state index contributed by atoms with van der Waals surface area (Å²) in [5, 5.41) is 9.35. The van der Waals surface area contributed by atoms with Crippen molar-refractivity contribution in [3.63, 3.8) is 0 Å². The smallest absolute Gasteiger partial charge is 0.141 e. The average molecular weight is 309 g/mol. The number of imidazole rings is 1. The maximum absolute atomic E-state index is 9.35. The predicted molar refractivity (Wildman–Crippen MR) is 76.5 cm³/mol. The molecule has 0 fully saturated rings. The van der Waals surface area contributed by atoms with Crippen LogP contribution in [0.1, 0.15) is 22.4 Å². The lowest BCUT2D eigenvalue weighted by molar-refractivity contribution is 0.272. The lowest BCUT2D eigenvalue weighted by Crippen LogP contribution is -2.01. The molecule has 0 aliphatic heterocycles. The average Bonchev–Trinajstić information content (AvgIpc) is 2.53. The second-order valence-electron chi connectivity index (χ2n) is 4.66. The Morgan fingerprint density at radius 1 is 1.22 bits per heavy atom. The molecule has 1 N–H and O–H groups in total. The first kappa shape index (κ1) is 13.3. The normalized spacial score (nSPS) is 11.0. The molecule has 2 rings (SSSR count). The van der Waals surface area contributed by atoms with E-state index in [9.17, 15) is 5.11 Å². The van der Waals surface area contributed by atoms with Crippen LogP contribution in [0.3, 0.4) is 0 Å². The molecule has 2 aromatic rings. The molecule has 0 spiro atoms. The molecule has 0 radical (unpaired) electrons. The molecule has 3 nitrogen and oxygen atoms in total. The van der Waals surface area contributed by atoms with Crippen LogP contribution < -0.4 is 0 Å². The van der Waals surface area contributed by atoms with Crippen molar-refractivity contribution < 1.29 is 5.11 Å². The van der Waals surface area contributed by atoms with E-state index >= 15 is 0 Å². The fourth-order valence-electron chi connectivity index (χ4n) is 2.43. The van der Waals surface area contributed by atoms with Crippen molar-refractivity contribution in [1.29, 1.82) is 0 Å². The lowest BCUT2D eigenvalue weighted by atomic mass is 9.99. The number of aliphatic hydroxyl groups excluding tert-OH is 1. The van der Waals surface area contributed by atoms with E-state index in [0.29, 0.717) is 4.60 Å². The molecule has 0 unspecified atom stereocenters. The minimum Gasteiger partial charge on any atom is -0.390 e. The lowest BCUT2D eigenvalue weighted by Gasteiger charge is -2.11. The summed E-state index contributed by atoms with van der Waals surface area (Å²) in [4.78, 5) is 4.52. The van der Waals surface area contributed by atoms with Gasteiger partial charge in [-0.1, -0.05) is 17.7 Å². The number of halogens is 1. The fraction of sp³-hybridized carbons (Fsp3) is 0.357. The predicted octanol–water partition coefficient (Wildman–Crippen LogP) is 3.27. The zero-order chi connectivity index (χ0) is 13.4. The summed E-state index contributed by atoms with van der Waals surface area (Å²) >= 11 is 3.40. The van der Waals surface area contributed by atoms with Crippen molar-refractivity contribution in [2.24, 2.45) is 7.05 Å². The largest absolute Gasteiger partial charge is 0.390 e. The molecular weight excluding hydrogens is 292 g/mol. The van der Waals surface area contributed by atoms with E-state index in [0.717, 1.165) is 17.1 Å². The van der Waals surface area contributed by atoms with Crippen molar-refractivity contribution in [2.45, 2.75) is 27.4 Å². The second kappa shape index (κ2) is 4.86. The zero-order valence-electron chi connectivity index (χ0n) is 11.1. The van der Waals surface area contributed by atoms with Gasteiger partial charge in [0.1, 0.15) is 10.4 Å². The Hall–Kier alpha value is -1.13. The maximum atomic E-state index is 9.35. The molecule has 1 heterocycles. The Bertz CT molecular complexity index is 579. The van der Waals surface area contributed by atoms with Gasteiger partial charge >= 0.3 is 0 Å². The molecule has 0 aliphatic rings. The minimum atomic E-state index is -0.0198. The van der Waals surface area contributed by atoms with Gasteiger partial charge in [0, 0.05) is 12.6 Å². The highest BCUT2D eigenvalue weighted by molar-refractivity contribution is 9.10. The molecule has 96 valence electrons. The van der Waals surface area contributed by atoms with Gasteiger partial charge in [0.15, 0.2) is 0 Å². The van der Waals surface area contributed by atoms with Crippen molar-refractivity contribution >= 4 is 15.9 Å². The quantitative estimate of drug-likeness (QED) is 0.924. The Balaban J connectivity index is 2.70. The van der Waals surface area contributed by atoms with Gasteiger partial charge in [-0.3, -0.25) is 0 Å². The molecular formula is C14H17BrN2O. The number of rotatable bonds is 2. The van der Waals surface area contributed by atoms with Gasteiger partial charge in [0.05, 0.1) is 12.3 Å². The molecule has 4 heteroatoms. The number of aryl methyl sites for hydroxylation is 3. The standard InChI is InChI=1S/C14H17BrN2O/c1-8-5-9(2)12(10(3)6-8)14-16-13(15)11(7-18)17(14)4/h5-6,18H,7H2,1-4H3. The molecule has 1 aromatic carbocycles. The molecule has 0 bridgehead atoms. The number of hydrogen-bond acceptors (Lipinski definition) is 2. The Morgan fingerprint density at radius 2 is 1.78 bits per heavy atom. The summed E-state index contributed by atoms with van der Waals surface area (Å²) in [5.41, 5.74) is 5.60. The van der Waals surface area contributed by atoms with Gasteiger partial charge in [-0.05, 0) is 47.8 Å². The first-order valence-electron chi connectivity index (χ1n) is 5.86. The summed E-state index contributed by atoms with van der Waals surface area (Å²) in [6.07, 6.45) is 0. The van der Waals surface area contributed by atoms with Crippen LogP contribution >= 0.6 is 15.9 Å². The topological polar surface area (TPSA) is 38.1 Å². The van der Waals surface area contributed by atoms with E-state index < -0.39 is 0 Å². The number of aromatic nitrogens is 2. The van der Waals surface area contributed by atoms with E-state index in [-0.39, 0.29) is 6.61 Å². The third kappa shape index (κ3) is 2.10. The van der Waals surface area contributed by atoms with Crippen molar-refractivity contribution in [1.82, 2.24) is 9.55 Å². The Morgan fingerprint density at radius 3 is 2.22 bits per heavy atom. The first-order chi connectivity index (χ1) is 8.45. The fourth-order valence-corrected chi connectivity index (χ4v) is 2.99. The van der Waals surface area contributed by atoms with Gasteiger partial charge in [-0.15, -0.1) is 0 Å². The maximum Gasteiger partial charge on any atom is 0.141 e. The molecule has 1 aromatic heterocycles. The highest BCUT2D eigenvalue weighted by Gasteiger charge is 2.16. The van der Waals surface area contributed by atoms with Crippen LogP contribution in [-0.2, 0) is 13.7 Å². The highest BCUT2D eigenvalue weighted by atomic mass is 79.9. The molecule has 0 atom stereocenters. The third-order valence-electron chi connectivity index (χ3n) is 3.22. The van der Waals surface area contributed by atoms with Crippen LogP contribution in [0.25, 0.3) is 11.4 Å². The van der Waals surface area contributed by atoms with Crippen LogP contribution in [0.2, 0.25) is 0 Å². The van der Waals surface area contributed by atoms with Crippen molar-refractivity contribution in [3.05, 3.63) is 39.1 Å². The van der Waals surface area contributed by atoms with Gasteiger partial charge in [-0.2, -0.15) is 0 Å². The van der Waals surface area contributed by atoms with E-state index in [2.05, 4.69) is 53.8 Å². The van der Waals surface area contributed by atoms with Gasteiger partial charge in [-0.25, -0.2) is 4.98 Å². The van der Waals surface area contributed by atoms with Crippen LogP contribution in [0, 0.1) is 20.8 Å². The summed E-state index contributed by atoms with van der Waals surface area (Å²) < 4.78 is 2.65. The zero-order valence-corrected chi connectivity index (χ0v) is 12.7. The van der Waals surface area contributed by atoms with E-state index in [4.69, 9.17) is 0 Å². The summed E-state index contributed by atoms with van der Waals surface area (Å²) in [6, 6.07) is 4.31. The molecule has 0 saturated heterocycles. The first-order valence-corrected chi connectivity index (χ1v) is 6.65. The molecule has 0 amide bonds. The SMILES string of the molecule is Cc1cc(C)c(-c2nc(Br)c(CO)n2C)c(C)c1. The van der Waals surface area contributed by atoms with Crippen LogP contribution in [-0.4, -0.2) is 14.7 Å². The Labute approximate surface area is 116 Å². The van der Waals surface area contributed by atoms with Crippen LogP contribution in [0.15, 0.2) is 16.7 Å². The summed E-state index contributed by atoms with van der Waals surface area (Å²) in [6.45, 7) is 6.26. The van der Waals surface area contributed by atoms with Gasteiger partial charge in [0.25, 0.3) is 0 Å². The monoisotopic (exact) mass is 308 g/mol. The Kier molecular flexibility index (Phi) is 3.59. The van der Waals surface area contributed by atoms with Crippen molar-refractivity contribution in [3.8, 4) is 11.4 Å². The van der Waals surface area contributed by atoms with Crippen LogP contribution in [0.5, 0.6) is 0 Å². The third-order valence-corrected chi connectivity index (χ3v) is 3.85. The highest BCUT2D eigenvalue weighted by Crippen LogP contribution is 2.30. The molecule has 0 saturated carbocycles. The summed E-state index contributed by atoms with van der Waals surface area (Å²) in [5.74, 6) is 0.890. The van der Waals surface area contributed by atoms with E-state index in [1.807, 2.05) is 11.6 Å². The molecule has 0 aliphatic carbocycles. The minimum absolute atomic E-state index is 0.0198. The number of nitrogens with zero attached hydrogens (tertiary/aromatic N) is 2. The second-order valence-corrected chi connectivity index (χ2v) is 5.41. The number of aliphatic hydroxyl groups is 1. The number of hydrogen-bond donors (Lipinski definition) is 1. The summed E-state index contributed by atoms with van der Waals surface area (Å²) in [7, 11) is 1.93. The molecule has 18 heavy (non-hydrogen) atoms.